The Bertz CT molecular complexity index is 1070. The first kappa shape index (κ1) is 21.1. The van der Waals surface area contributed by atoms with Crippen LogP contribution in [0.4, 0.5) is 11.5 Å². The van der Waals surface area contributed by atoms with Crippen LogP contribution in [0.2, 0.25) is 0 Å². The van der Waals surface area contributed by atoms with Gasteiger partial charge in [0.25, 0.3) is 0 Å². The zero-order valence-electron chi connectivity index (χ0n) is 16.8. The van der Waals surface area contributed by atoms with E-state index in [1.54, 1.807) is 29.2 Å². The molecule has 1 aromatic heterocycles. The Morgan fingerprint density at radius 1 is 1.23 bits per heavy atom. The first-order valence-electron chi connectivity index (χ1n) is 9.87. The number of halogens is 1. The number of aromatic nitrogens is 2. The van der Waals surface area contributed by atoms with E-state index in [9.17, 15) is 14.4 Å². The van der Waals surface area contributed by atoms with Crippen LogP contribution in [-0.2, 0) is 14.4 Å². The molecule has 2 heterocycles. The molecule has 1 aromatic carbocycles. The highest BCUT2D eigenvalue weighted by Gasteiger charge is 2.55. The number of fused-ring (bicyclic) bond motifs is 1. The summed E-state index contributed by atoms with van der Waals surface area (Å²) in [4.78, 5) is 47.2. The molecule has 3 atom stereocenters. The van der Waals surface area contributed by atoms with Gasteiger partial charge in [-0.3, -0.25) is 24.8 Å². The van der Waals surface area contributed by atoms with Gasteiger partial charge in [-0.25, -0.2) is 4.98 Å². The minimum atomic E-state index is -0.565. The van der Waals surface area contributed by atoms with Crippen molar-refractivity contribution >= 4 is 50.7 Å². The smallest absolute Gasteiger partial charge is 0.248 e. The van der Waals surface area contributed by atoms with Crippen LogP contribution in [0.5, 0.6) is 0 Å². The van der Waals surface area contributed by atoms with E-state index in [-0.39, 0.29) is 35.9 Å². The fraction of sp³-hybridized carbons (Fsp3) is 0.333. The molecule has 0 bridgehead atoms. The van der Waals surface area contributed by atoms with E-state index in [2.05, 4.69) is 36.5 Å². The van der Waals surface area contributed by atoms with E-state index in [0.29, 0.717) is 34.0 Å². The van der Waals surface area contributed by atoms with Crippen molar-refractivity contribution in [3.05, 3.63) is 46.8 Å². The molecule has 31 heavy (non-hydrogen) atoms. The Morgan fingerprint density at radius 3 is 2.74 bits per heavy atom. The van der Waals surface area contributed by atoms with Gasteiger partial charge in [0, 0.05) is 24.2 Å². The van der Waals surface area contributed by atoms with Gasteiger partial charge < -0.3 is 15.5 Å². The molecule has 2 amide bonds. The van der Waals surface area contributed by atoms with Crippen molar-refractivity contribution in [2.24, 2.45) is 5.92 Å². The molecule has 1 saturated carbocycles. The predicted octanol–water partition coefficient (Wildman–Crippen LogP) is 2.24. The van der Waals surface area contributed by atoms with Gasteiger partial charge in [0.15, 0.2) is 11.6 Å². The summed E-state index contributed by atoms with van der Waals surface area (Å²) in [6.45, 7) is 1.30. The molecule has 9 nitrogen and oxygen atoms in total. The molecule has 2 fully saturated rings. The third-order valence-electron chi connectivity index (χ3n) is 5.53. The number of para-hydroxylation sites is 1. The van der Waals surface area contributed by atoms with Crippen LogP contribution in [0.15, 0.2) is 41.3 Å². The molecule has 0 unspecified atom stereocenters. The number of benzene rings is 1. The van der Waals surface area contributed by atoms with Crippen LogP contribution in [0.3, 0.4) is 0 Å². The standard InChI is InChI=1S/C21H21BrN6O3/c1-11(29)20(23)13-4-2-3-5-14(13)25-10-19(30)28-15-6-12(15)7-16(28)21(31)27-18-9-24-8-17(22)26-18/h2-5,8-9,12,15-16,23,25H,6-7,10H2,1H3,(H,26,27,31)/t12-,15-,16+/m1/s1. The summed E-state index contributed by atoms with van der Waals surface area (Å²) in [5.74, 6) is -0.178. The van der Waals surface area contributed by atoms with Gasteiger partial charge in [-0.05, 0) is 40.8 Å². The Labute approximate surface area is 187 Å². The quantitative estimate of drug-likeness (QED) is 0.516. The molecule has 2 aromatic rings. The summed E-state index contributed by atoms with van der Waals surface area (Å²) >= 11 is 3.22. The van der Waals surface area contributed by atoms with Crippen molar-refractivity contribution in [2.75, 3.05) is 17.2 Å². The molecule has 160 valence electrons. The molecule has 10 heteroatoms. The van der Waals surface area contributed by atoms with Crippen molar-refractivity contribution in [2.45, 2.75) is 31.8 Å². The summed E-state index contributed by atoms with van der Waals surface area (Å²) < 4.78 is 0.506. The maximum Gasteiger partial charge on any atom is 0.248 e. The Hall–Kier alpha value is -3.14. The van der Waals surface area contributed by atoms with Gasteiger partial charge in [0.05, 0.1) is 18.9 Å². The summed E-state index contributed by atoms with van der Waals surface area (Å²) in [5.41, 5.74) is 0.857. The lowest BCUT2D eigenvalue weighted by atomic mass is 10.1. The molecule has 1 aliphatic heterocycles. The van der Waals surface area contributed by atoms with E-state index in [0.717, 1.165) is 6.42 Å². The number of carbonyl (C=O) groups is 3. The molecular weight excluding hydrogens is 464 g/mol. The first-order chi connectivity index (χ1) is 14.8. The largest absolute Gasteiger partial charge is 0.376 e. The fourth-order valence-electron chi connectivity index (χ4n) is 3.97. The highest BCUT2D eigenvalue weighted by molar-refractivity contribution is 9.10. The SMILES string of the molecule is CC(=O)C(=N)c1ccccc1NCC(=O)N1[C@@H]2C[C@@H]2C[C@H]1C(=O)Nc1cncc(Br)n1. The monoisotopic (exact) mass is 484 g/mol. The zero-order chi connectivity index (χ0) is 22.1. The lowest BCUT2D eigenvalue weighted by Crippen LogP contribution is -2.47. The van der Waals surface area contributed by atoms with Crippen molar-refractivity contribution < 1.29 is 14.4 Å². The van der Waals surface area contributed by atoms with Crippen molar-refractivity contribution in [1.29, 1.82) is 5.41 Å². The number of ketones is 1. The molecule has 3 N–H and O–H groups in total. The summed E-state index contributed by atoms with van der Waals surface area (Å²) in [5, 5.41) is 13.7. The average molecular weight is 485 g/mol. The number of nitrogens with one attached hydrogen (secondary N) is 3. The maximum atomic E-state index is 13.0. The number of nitrogens with zero attached hydrogens (tertiary/aromatic N) is 3. The van der Waals surface area contributed by atoms with E-state index in [4.69, 9.17) is 5.41 Å². The summed E-state index contributed by atoms with van der Waals surface area (Å²) in [6, 6.07) is 6.40. The maximum absolute atomic E-state index is 13.0. The van der Waals surface area contributed by atoms with Gasteiger partial charge in [-0.15, -0.1) is 0 Å². The van der Waals surface area contributed by atoms with Gasteiger partial charge in [-0.1, -0.05) is 18.2 Å². The number of carbonyl (C=O) groups excluding carboxylic acids is 3. The lowest BCUT2D eigenvalue weighted by molar-refractivity contribution is -0.136. The fourth-order valence-corrected chi connectivity index (χ4v) is 4.28. The zero-order valence-corrected chi connectivity index (χ0v) is 18.3. The minimum Gasteiger partial charge on any atom is -0.376 e. The van der Waals surface area contributed by atoms with Gasteiger partial charge in [0.1, 0.15) is 16.4 Å². The molecule has 0 spiro atoms. The minimum absolute atomic E-state index is 0.0358. The highest BCUT2D eigenvalue weighted by Crippen LogP contribution is 2.48. The van der Waals surface area contributed by atoms with Gasteiger partial charge in [0.2, 0.25) is 11.8 Å². The third-order valence-corrected chi connectivity index (χ3v) is 5.91. The topological polar surface area (TPSA) is 128 Å². The Balaban J connectivity index is 1.44. The number of piperidine rings is 1. The number of likely N-dealkylation sites (tertiary alicyclic amines) is 1. The molecule has 4 rings (SSSR count). The van der Waals surface area contributed by atoms with E-state index < -0.39 is 6.04 Å². The van der Waals surface area contributed by atoms with Crippen molar-refractivity contribution in [3.8, 4) is 0 Å². The third kappa shape index (κ3) is 4.48. The number of rotatable bonds is 7. The average Bonchev–Trinajstić information content (AvgIpc) is 3.41. The number of hydrogen-bond acceptors (Lipinski definition) is 7. The number of Topliss-reactive ketones (excluding diaryl/α,β-unsaturated/α-hetero) is 1. The Kier molecular flexibility index (Phi) is 5.81. The summed E-state index contributed by atoms with van der Waals surface area (Å²) in [6.07, 6.45) is 4.49. The second-order valence-corrected chi connectivity index (χ2v) is 8.47. The molecule has 1 saturated heterocycles. The number of anilines is 2. The number of amides is 2. The van der Waals surface area contributed by atoms with Crippen LogP contribution in [0, 0.1) is 11.3 Å². The molecule has 2 aliphatic rings. The molecule has 1 aliphatic carbocycles. The van der Waals surface area contributed by atoms with E-state index in [1.165, 1.54) is 19.3 Å². The first-order valence-corrected chi connectivity index (χ1v) is 10.7. The van der Waals surface area contributed by atoms with Crippen LogP contribution in [0.25, 0.3) is 0 Å². The van der Waals surface area contributed by atoms with Gasteiger partial charge >= 0.3 is 0 Å². The number of hydrogen-bond donors (Lipinski definition) is 3. The molecular formula is C21H21BrN6O3. The Morgan fingerprint density at radius 2 is 2.00 bits per heavy atom. The van der Waals surface area contributed by atoms with Gasteiger partial charge in [-0.2, -0.15) is 0 Å². The van der Waals surface area contributed by atoms with Crippen molar-refractivity contribution in [3.63, 3.8) is 0 Å². The van der Waals surface area contributed by atoms with E-state index >= 15 is 0 Å². The van der Waals surface area contributed by atoms with Crippen LogP contribution < -0.4 is 10.6 Å². The predicted molar refractivity (Wildman–Crippen MR) is 118 cm³/mol. The van der Waals surface area contributed by atoms with Crippen LogP contribution in [0.1, 0.15) is 25.3 Å². The second kappa shape index (κ2) is 8.54. The van der Waals surface area contributed by atoms with E-state index in [1.807, 2.05) is 0 Å². The van der Waals surface area contributed by atoms with Crippen LogP contribution >= 0.6 is 15.9 Å². The van der Waals surface area contributed by atoms with Crippen LogP contribution in [-0.4, -0.2) is 56.8 Å². The normalized spacial score (nSPS) is 21.2. The molecule has 0 radical (unpaired) electrons. The van der Waals surface area contributed by atoms with Crippen molar-refractivity contribution in [1.82, 2.24) is 14.9 Å². The summed E-state index contributed by atoms with van der Waals surface area (Å²) in [7, 11) is 0. The second-order valence-electron chi connectivity index (χ2n) is 7.66. The highest BCUT2D eigenvalue weighted by atomic mass is 79.9. The lowest BCUT2D eigenvalue weighted by Gasteiger charge is -2.27.